The Morgan fingerprint density at radius 2 is 1.69 bits per heavy atom. The minimum atomic E-state index is -0.689. The molecule has 1 atom stereocenters. The Bertz CT molecular complexity index is 784. The van der Waals surface area contributed by atoms with Gasteiger partial charge < -0.3 is 14.4 Å². The van der Waals surface area contributed by atoms with Crippen molar-refractivity contribution < 1.29 is 14.3 Å². The minimum absolute atomic E-state index is 0.0985. The van der Waals surface area contributed by atoms with E-state index in [1.165, 1.54) is 43.4 Å². The Hall–Kier alpha value is -1.98. The molecule has 157 valence electrons. The molecule has 3 heterocycles. The molecule has 0 saturated carbocycles. The average Bonchev–Trinajstić information content (AvgIpc) is 3.14. The van der Waals surface area contributed by atoms with Gasteiger partial charge in [-0.25, -0.2) is 4.39 Å². The maximum absolute atomic E-state index is 14.5. The van der Waals surface area contributed by atoms with Gasteiger partial charge in [-0.3, -0.25) is 4.79 Å². The van der Waals surface area contributed by atoms with Crippen LogP contribution < -0.4 is 0 Å². The first-order valence-electron chi connectivity index (χ1n) is 11.1. The number of aryl methyl sites for hydroxylation is 2. The van der Waals surface area contributed by atoms with E-state index in [2.05, 4.69) is 36.8 Å². The van der Waals surface area contributed by atoms with Crippen LogP contribution in [0.2, 0.25) is 0 Å². The van der Waals surface area contributed by atoms with Crippen molar-refractivity contribution in [3.8, 4) is 0 Å². The Kier molecular flexibility index (Phi) is 7.62. The molecule has 3 rings (SSSR count). The van der Waals surface area contributed by atoms with E-state index < -0.39 is 5.97 Å². The zero-order valence-electron chi connectivity index (χ0n) is 17.8. The highest BCUT2D eigenvalue weighted by atomic mass is 19.1. The summed E-state index contributed by atoms with van der Waals surface area (Å²) in [5.41, 5.74) is 4.15. The monoisotopic (exact) mass is 399 g/mol. The lowest BCUT2D eigenvalue weighted by molar-refractivity contribution is -0.137. The fraction of sp³-hybridized carbons (Fsp3) is 0.609. The predicted molar refractivity (Wildman–Crippen MR) is 116 cm³/mol. The molecular formula is C23H33BFN2O2. The Balaban J connectivity index is 1.32. The Morgan fingerprint density at radius 3 is 2.34 bits per heavy atom. The molecule has 2 aliphatic rings. The van der Waals surface area contributed by atoms with Gasteiger partial charge in [0, 0.05) is 23.9 Å². The molecule has 29 heavy (non-hydrogen) atoms. The van der Waals surface area contributed by atoms with Crippen LogP contribution in [0.3, 0.4) is 0 Å². The van der Waals surface area contributed by atoms with E-state index in [1.807, 2.05) is 6.08 Å². The predicted octanol–water partition coefficient (Wildman–Crippen LogP) is 5.76. The van der Waals surface area contributed by atoms with Crippen LogP contribution in [0.4, 0.5) is 4.39 Å². The number of unbranched alkanes of at least 4 members (excludes halogenated alkanes) is 8. The van der Waals surface area contributed by atoms with Crippen LogP contribution in [0.5, 0.6) is 0 Å². The molecule has 0 fully saturated rings. The second kappa shape index (κ2) is 10.2. The van der Waals surface area contributed by atoms with Crippen molar-refractivity contribution in [1.29, 1.82) is 0 Å². The van der Waals surface area contributed by atoms with Gasteiger partial charge in [0.25, 0.3) is 0 Å². The lowest BCUT2D eigenvalue weighted by Crippen LogP contribution is -2.39. The van der Waals surface area contributed by atoms with Crippen LogP contribution in [-0.2, 0) is 4.79 Å². The van der Waals surface area contributed by atoms with Crippen molar-refractivity contribution in [2.24, 2.45) is 0 Å². The zero-order chi connectivity index (χ0) is 20.8. The van der Waals surface area contributed by atoms with E-state index in [9.17, 15) is 9.18 Å². The van der Waals surface area contributed by atoms with Gasteiger partial charge in [0.15, 0.2) is 0 Å². The van der Waals surface area contributed by atoms with Crippen molar-refractivity contribution >= 4 is 19.6 Å². The van der Waals surface area contributed by atoms with Crippen LogP contribution in [0.1, 0.15) is 87.6 Å². The van der Waals surface area contributed by atoms with Crippen LogP contribution in [0.25, 0.3) is 6.08 Å². The third kappa shape index (κ3) is 5.55. The molecule has 1 unspecified atom stereocenters. The SMILES string of the molecule is Cc1cc(C)n2c1C=C1C(F)=CC(CCCCCCCCCCCC(=O)O)N1[B]2. The van der Waals surface area contributed by atoms with Gasteiger partial charge in [-0.2, -0.15) is 0 Å². The van der Waals surface area contributed by atoms with Gasteiger partial charge in [-0.15, -0.1) is 0 Å². The second-order valence-corrected chi connectivity index (χ2v) is 8.47. The molecule has 6 heteroatoms. The summed E-state index contributed by atoms with van der Waals surface area (Å²) in [6.07, 6.45) is 15.2. The lowest BCUT2D eigenvalue weighted by Gasteiger charge is -2.31. The van der Waals surface area contributed by atoms with Crippen LogP contribution in [0.15, 0.2) is 23.7 Å². The van der Waals surface area contributed by atoms with E-state index in [1.54, 1.807) is 6.08 Å². The molecule has 1 radical (unpaired) electrons. The molecule has 0 aliphatic carbocycles. The third-order valence-electron chi connectivity index (χ3n) is 6.09. The Labute approximate surface area is 174 Å². The molecule has 4 nitrogen and oxygen atoms in total. The summed E-state index contributed by atoms with van der Waals surface area (Å²) in [4.78, 5) is 12.6. The van der Waals surface area contributed by atoms with Gasteiger partial charge in [-0.1, -0.05) is 51.4 Å². The molecule has 1 aromatic rings. The van der Waals surface area contributed by atoms with Crippen molar-refractivity contribution in [3.63, 3.8) is 0 Å². The topological polar surface area (TPSA) is 45.5 Å². The van der Waals surface area contributed by atoms with Gasteiger partial charge in [0.2, 0.25) is 0 Å². The van der Waals surface area contributed by atoms with Crippen molar-refractivity contribution in [1.82, 2.24) is 9.29 Å². The first-order chi connectivity index (χ1) is 14.0. The van der Waals surface area contributed by atoms with Gasteiger partial charge in [0.1, 0.15) is 5.83 Å². The van der Waals surface area contributed by atoms with E-state index in [-0.39, 0.29) is 11.9 Å². The van der Waals surface area contributed by atoms with E-state index in [4.69, 9.17) is 5.11 Å². The molecule has 0 spiro atoms. The Morgan fingerprint density at radius 1 is 1.07 bits per heavy atom. The molecular weight excluding hydrogens is 366 g/mol. The highest BCUT2D eigenvalue weighted by molar-refractivity contribution is 6.33. The van der Waals surface area contributed by atoms with Crippen LogP contribution in [0, 0.1) is 13.8 Å². The molecule has 0 bridgehead atoms. The number of fused-ring (bicyclic) bond motifs is 2. The van der Waals surface area contributed by atoms with Gasteiger partial charge in [0.05, 0.1) is 5.70 Å². The number of hydrogen-bond donors (Lipinski definition) is 1. The molecule has 0 saturated heterocycles. The van der Waals surface area contributed by atoms with Crippen molar-refractivity contribution in [2.45, 2.75) is 90.5 Å². The number of carboxylic acid groups (broad SMARTS) is 1. The van der Waals surface area contributed by atoms with Crippen LogP contribution in [-0.4, -0.2) is 34.0 Å². The number of aromatic nitrogens is 1. The maximum atomic E-state index is 14.5. The average molecular weight is 399 g/mol. The first kappa shape index (κ1) is 21.7. The number of aliphatic carboxylic acids is 1. The summed E-state index contributed by atoms with van der Waals surface area (Å²) < 4.78 is 16.6. The lowest BCUT2D eigenvalue weighted by atomic mass is 9.96. The van der Waals surface area contributed by atoms with E-state index >= 15 is 0 Å². The maximum Gasteiger partial charge on any atom is 0.396 e. The fourth-order valence-electron chi connectivity index (χ4n) is 4.44. The molecule has 2 aliphatic heterocycles. The number of allylic oxidation sites excluding steroid dienone is 1. The number of carboxylic acids is 1. The van der Waals surface area contributed by atoms with Gasteiger partial charge in [-0.05, 0) is 50.5 Å². The minimum Gasteiger partial charge on any atom is -0.481 e. The largest absolute Gasteiger partial charge is 0.481 e. The van der Waals surface area contributed by atoms with Crippen LogP contribution >= 0.6 is 0 Å². The second-order valence-electron chi connectivity index (χ2n) is 8.47. The molecule has 0 aromatic carbocycles. The normalized spacial score (nSPS) is 17.5. The third-order valence-corrected chi connectivity index (χ3v) is 6.09. The summed E-state index contributed by atoms with van der Waals surface area (Å²) in [5.74, 6) is -0.788. The van der Waals surface area contributed by atoms with Crippen molar-refractivity contribution in [2.75, 3.05) is 0 Å². The smallest absolute Gasteiger partial charge is 0.396 e. The highest BCUT2D eigenvalue weighted by Gasteiger charge is 2.34. The van der Waals surface area contributed by atoms with E-state index in [0.29, 0.717) is 12.1 Å². The molecule has 1 aromatic heterocycles. The number of nitrogens with zero attached hydrogens (tertiary/aromatic N) is 2. The quantitative estimate of drug-likeness (QED) is 0.359. The van der Waals surface area contributed by atoms with Gasteiger partial charge >= 0.3 is 13.5 Å². The molecule has 1 N–H and O–H groups in total. The first-order valence-corrected chi connectivity index (χ1v) is 11.1. The fourth-order valence-corrected chi connectivity index (χ4v) is 4.44. The summed E-state index contributed by atoms with van der Waals surface area (Å²) in [7, 11) is 2.06. The summed E-state index contributed by atoms with van der Waals surface area (Å²) in [6.45, 7) is 4.16. The van der Waals surface area contributed by atoms with E-state index in [0.717, 1.165) is 37.8 Å². The summed E-state index contributed by atoms with van der Waals surface area (Å²) in [6, 6.07) is 2.26. The number of hydrogen-bond acceptors (Lipinski definition) is 2. The highest BCUT2D eigenvalue weighted by Crippen LogP contribution is 2.36. The zero-order valence-corrected chi connectivity index (χ0v) is 17.8. The standard InChI is InChI=1S/C23H33BFN2O2/c1-17-14-18(2)26-21(17)16-22-20(25)15-19(27(22)24-26)12-10-8-6-4-3-5-7-9-11-13-23(28)29/h14-16,19H,3-13H2,1-2H3,(H,28,29). The molecule has 0 amide bonds. The summed E-state index contributed by atoms with van der Waals surface area (Å²) >= 11 is 0. The number of carbonyl (C=O) groups is 1. The van der Waals surface area contributed by atoms with Crippen molar-refractivity contribution in [3.05, 3.63) is 40.6 Å². The summed E-state index contributed by atoms with van der Waals surface area (Å²) in [5, 5.41) is 8.62. The number of rotatable bonds is 12. The number of halogens is 1.